The van der Waals surface area contributed by atoms with Crippen molar-refractivity contribution in [2.45, 2.75) is 0 Å². The van der Waals surface area contributed by atoms with Crippen LogP contribution < -0.4 is 11.1 Å². The van der Waals surface area contributed by atoms with Gasteiger partial charge in [0.25, 0.3) is 5.91 Å². The molecule has 0 aliphatic carbocycles. The number of hydrogen-bond donors (Lipinski definition) is 2. The van der Waals surface area contributed by atoms with E-state index >= 15 is 0 Å². The van der Waals surface area contributed by atoms with Crippen molar-refractivity contribution in [1.29, 1.82) is 0 Å². The van der Waals surface area contributed by atoms with E-state index in [0.717, 1.165) is 6.07 Å². The molecule has 0 fully saturated rings. The Morgan fingerprint density at radius 1 is 1.39 bits per heavy atom. The first-order valence-corrected chi connectivity index (χ1v) is 4.96. The van der Waals surface area contributed by atoms with Gasteiger partial charge in [-0.3, -0.25) is 9.36 Å². The standard InChI is InChI=1S/C11H9FN4O2/c12-9-2-1-7(5-8(9)10(13)17)15-11(18)16-4-3-14-6-16/h1-6H,(H2,13,17)(H,15,18). The third-order valence-corrected chi connectivity index (χ3v) is 2.22. The van der Waals surface area contributed by atoms with Crippen LogP contribution in [0.25, 0.3) is 0 Å². The number of carbonyl (C=O) groups is 2. The molecule has 1 aromatic heterocycles. The molecule has 2 rings (SSSR count). The topological polar surface area (TPSA) is 90.0 Å². The number of rotatable bonds is 2. The largest absolute Gasteiger partial charge is 0.366 e. The Balaban J connectivity index is 2.22. The number of nitrogens with two attached hydrogens (primary N) is 1. The van der Waals surface area contributed by atoms with Crippen molar-refractivity contribution in [3.8, 4) is 0 Å². The molecule has 0 spiro atoms. The summed E-state index contributed by atoms with van der Waals surface area (Å²) < 4.78 is 14.4. The van der Waals surface area contributed by atoms with E-state index < -0.39 is 17.8 Å². The molecule has 0 atom stereocenters. The van der Waals surface area contributed by atoms with E-state index in [1.54, 1.807) is 0 Å². The molecule has 7 heteroatoms. The zero-order valence-corrected chi connectivity index (χ0v) is 9.13. The van der Waals surface area contributed by atoms with E-state index in [2.05, 4.69) is 10.3 Å². The lowest BCUT2D eigenvalue weighted by Crippen LogP contribution is -2.19. The molecule has 1 aromatic carbocycles. The summed E-state index contributed by atoms with van der Waals surface area (Å²) in [4.78, 5) is 26.3. The average Bonchev–Trinajstić information content (AvgIpc) is 2.85. The molecule has 0 saturated heterocycles. The lowest BCUT2D eigenvalue weighted by Gasteiger charge is -2.06. The van der Waals surface area contributed by atoms with Gasteiger partial charge in [-0.15, -0.1) is 0 Å². The molecule has 2 aromatic rings. The molecule has 0 saturated carbocycles. The summed E-state index contributed by atoms with van der Waals surface area (Å²) in [7, 11) is 0. The third-order valence-electron chi connectivity index (χ3n) is 2.22. The number of nitrogens with zero attached hydrogens (tertiary/aromatic N) is 2. The monoisotopic (exact) mass is 248 g/mol. The minimum absolute atomic E-state index is 0.268. The van der Waals surface area contributed by atoms with Gasteiger partial charge in [-0.2, -0.15) is 0 Å². The number of anilines is 1. The van der Waals surface area contributed by atoms with Crippen molar-refractivity contribution in [2.75, 3.05) is 5.32 Å². The molecule has 1 heterocycles. The van der Waals surface area contributed by atoms with Gasteiger partial charge in [-0.05, 0) is 18.2 Å². The Hall–Kier alpha value is -2.70. The van der Waals surface area contributed by atoms with Crippen molar-refractivity contribution in [2.24, 2.45) is 5.73 Å². The normalized spacial score (nSPS) is 10.1. The lowest BCUT2D eigenvalue weighted by molar-refractivity contribution is 0.0996. The molecule has 6 nitrogen and oxygen atoms in total. The Labute approximate surface area is 101 Å². The zero-order chi connectivity index (χ0) is 13.1. The minimum Gasteiger partial charge on any atom is -0.366 e. The number of hydrogen-bond acceptors (Lipinski definition) is 3. The molecule has 0 aliphatic heterocycles. The summed E-state index contributed by atoms with van der Waals surface area (Å²) in [6.45, 7) is 0. The van der Waals surface area contributed by atoms with Gasteiger partial charge in [-0.25, -0.2) is 14.2 Å². The zero-order valence-electron chi connectivity index (χ0n) is 9.13. The SMILES string of the molecule is NC(=O)c1cc(NC(=O)n2ccnc2)ccc1F. The molecule has 0 aliphatic rings. The number of halogens is 1. The van der Waals surface area contributed by atoms with Crippen molar-refractivity contribution in [3.63, 3.8) is 0 Å². The second kappa shape index (κ2) is 4.66. The van der Waals surface area contributed by atoms with Gasteiger partial charge in [0.2, 0.25) is 0 Å². The van der Waals surface area contributed by atoms with Crippen LogP contribution in [-0.4, -0.2) is 21.5 Å². The second-order valence-electron chi connectivity index (χ2n) is 3.46. The summed E-state index contributed by atoms with van der Waals surface area (Å²) in [5.41, 5.74) is 4.99. The molecule has 18 heavy (non-hydrogen) atoms. The van der Waals surface area contributed by atoms with E-state index in [1.807, 2.05) is 0 Å². The Kier molecular flexibility index (Phi) is 3.05. The number of benzene rings is 1. The van der Waals surface area contributed by atoms with Crippen LogP contribution >= 0.6 is 0 Å². The fourth-order valence-electron chi connectivity index (χ4n) is 1.36. The van der Waals surface area contributed by atoms with Crippen LogP contribution in [-0.2, 0) is 0 Å². The second-order valence-corrected chi connectivity index (χ2v) is 3.46. The van der Waals surface area contributed by atoms with Crippen LogP contribution in [0.4, 0.5) is 14.9 Å². The van der Waals surface area contributed by atoms with E-state index in [-0.39, 0.29) is 11.3 Å². The van der Waals surface area contributed by atoms with E-state index in [4.69, 9.17) is 5.73 Å². The average molecular weight is 248 g/mol. The maximum atomic E-state index is 13.2. The minimum atomic E-state index is -0.897. The van der Waals surface area contributed by atoms with Crippen LogP contribution in [0.1, 0.15) is 10.4 Å². The van der Waals surface area contributed by atoms with E-state index in [1.165, 1.54) is 35.4 Å². The molecule has 0 unspecified atom stereocenters. The van der Waals surface area contributed by atoms with Gasteiger partial charge in [0, 0.05) is 18.1 Å². The third kappa shape index (κ3) is 2.34. The van der Waals surface area contributed by atoms with Gasteiger partial charge < -0.3 is 11.1 Å². The van der Waals surface area contributed by atoms with Crippen LogP contribution in [0.5, 0.6) is 0 Å². The highest BCUT2D eigenvalue weighted by Crippen LogP contribution is 2.14. The van der Waals surface area contributed by atoms with Crippen LogP contribution in [0.3, 0.4) is 0 Å². The number of aromatic nitrogens is 2. The summed E-state index contributed by atoms with van der Waals surface area (Å²) in [6, 6.07) is 3.08. The predicted octanol–water partition coefficient (Wildman–Crippen LogP) is 1.20. The highest BCUT2D eigenvalue weighted by molar-refractivity contribution is 5.96. The van der Waals surface area contributed by atoms with E-state index in [0.29, 0.717) is 0 Å². The smallest absolute Gasteiger partial charge is 0.331 e. The molecule has 0 radical (unpaired) electrons. The van der Waals surface area contributed by atoms with Gasteiger partial charge in [0.15, 0.2) is 0 Å². The quantitative estimate of drug-likeness (QED) is 0.836. The van der Waals surface area contributed by atoms with Crippen molar-refractivity contribution < 1.29 is 14.0 Å². The van der Waals surface area contributed by atoms with Crippen LogP contribution in [0, 0.1) is 5.82 Å². The summed E-state index contributed by atoms with van der Waals surface area (Å²) in [6.07, 6.45) is 4.21. The first kappa shape index (κ1) is 11.8. The number of primary amides is 1. The van der Waals surface area contributed by atoms with E-state index in [9.17, 15) is 14.0 Å². The molecule has 3 N–H and O–H groups in total. The lowest BCUT2D eigenvalue weighted by atomic mass is 10.2. The predicted molar refractivity (Wildman–Crippen MR) is 61.6 cm³/mol. The van der Waals surface area contributed by atoms with Gasteiger partial charge in [0.05, 0.1) is 5.56 Å². The number of carbonyl (C=O) groups excluding carboxylic acids is 2. The summed E-state index contributed by atoms with van der Waals surface area (Å²) in [5, 5.41) is 2.48. The van der Waals surface area contributed by atoms with Gasteiger partial charge in [0.1, 0.15) is 12.1 Å². The van der Waals surface area contributed by atoms with Crippen molar-refractivity contribution >= 4 is 17.6 Å². The Bertz CT molecular complexity index is 595. The molecule has 2 amide bonds. The molecular weight excluding hydrogens is 239 g/mol. The molecule has 0 bridgehead atoms. The van der Waals surface area contributed by atoms with Gasteiger partial charge in [-0.1, -0.05) is 0 Å². The first-order valence-electron chi connectivity index (χ1n) is 4.96. The Morgan fingerprint density at radius 3 is 2.78 bits per heavy atom. The number of amides is 2. The summed E-state index contributed by atoms with van der Waals surface area (Å²) in [5.74, 6) is -1.63. The first-order chi connectivity index (χ1) is 8.58. The highest BCUT2D eigenvalue weighted by Gasteiger charge is 2.11. The molecular formula is C11H9FN4O2. The fourth-order valence-corrected chi connectivity index (χ4v) is 1.36. The van der Waals surface area contributed by atoms with Crippen LogP contribution in [0.15, 0.2) is 36.9 Å². The maximum Gasteiger partial charge on any atom is 0.331 e. The highest BCUT2D eigenvalue weighted by atomic mass is 19.1. The number of nitrogens with one attached hydrogen (secondary N) is 1. The van der Waals surface area contributed by atoms with Gasteiger partial charge >= 0.3 is 6.03 Å². The number of imidazole rings is 1. The van der Waals surface area contributed by atoms with Crippen molar-refractivity contribution in [3.05, 3.63) is 48.3 Å². The maximum absolute atomic E-state index is 13.2. The van der Waals surface area contributed by atoms with Crippen LogP contribution in [0.2, 0.25) is 0 Å². The van der Waals surface area contributed by atoms with Crippen molar-refractivity contribution in [1.82, 2.24) is 9.55 Å². The molecule has 92 valence electrons. The summed E-state index contributed by atoms with van der Waals surface area (Å²) >= 11 is 0. The Morgan fingerprint density at radius 2 is 2.17 bits per heavy atom. The fraction of sp³-hybridized carbons (Fsp3) is 0.